The van der Waals surface area contributed by atoms with Crippen LogP contribution in [0.3, 0.4) is 0 Å². The lowest BCUT2D eigenvalue weighted by atomic mass is 10.4. The van der Waals surface area contributed by atoms with Crippen LogP contribution in [0, 0.1) is 0 Å². The van der Waals surface area contributed by atoms with Crippen molar-refractivity contribution in [2.75, 3.05) is 12.8 Å². The van der Waals surface area contributed by atoms with Gasteiger partial charge in [0.25, 0.3) is 0 Å². The van der Waals surface area contributed by atoms with Gasteiger partial charge in [-0.3, -0.25) is 14.2 Å². The van der Waals surface area contributed by atoms with Gasteiger partial charge in [0.05, 0.1) is 5.75 Å². The number of nitrogens with zero attached hydrogens (tertiary/aromatic N) is 3. The zero-order chi connectivity index (χ0) is 13.1. The summed E-state index contributed by atoms with van der Waals surface area (Å²) >= 11 is 1.08. The molecule has 1 aliphatic carbocycles. The molecule has 0 spiro atoms. The smallest absolute Gasteiger partial charge is 0.313 e. The summed E-state index contributed by atoms with van der Waals surface area (Å²) in [6.07, 6.45) is 2.10. The maximum atomic E-state index is 11.5. The van der Waals surface area contributed by atoms with Gasteiger partial charge < -0.3 is 10.4 Å². The van der Waals surface area contributed by atoms with E-state index in [0.717, 1.165) is 30.4 Å². The second kappa shape index (κ2) is 5.38. The molecule has 0 saturated heterocycles. The highest BCUT2D eigenvalue weighted by atomic mass is 32.2. The van der Waals surface area contributed by atoms with Gasteiger partial charge in [-0.1, -0.05) is 11.8 Å². The molecule has 0 aliphatic heterocycles. The van der Waals surface area contributed by atoms with E-state index < -0.39 is 5.97 Å². The number of hydrogen-bond donors (Lipinski definition) is 2. The van der Waals surface area contributed by atoms with Crippen LogP contribution in [0.25, 0.3) is 0 Å². The van der Waals surface area contributed by atoms with Gasteiger partial charge in [-0.25, -0.2) is 0 Å². The third-order valence-corrected chi connectivity index (χ3v) is 3.54. The first-order chi connectivity index (χ1) is 8.61. The first-order valence-corrected chi connectivity index (χ1v) is 6.58. The van der Waals surface area contributed by atoms with Gasteiger partial charge in [-0.05, 0) is 12.8 Å². The summed E-state index contributed by atoms with van der Waals surface area (Å²) in [7, 11) is 1.56. The molecule has 0 radical (unpaired) electrons. The fraction of sp³-hybridized carbons (Fsp3) is 0.600. The number of carboxylic acid groups (broad SMARTS) is 1. The van der Waals surface area contributed by atoms with Crippen molar-refractivity contribution in [3.63, 3.8) is 0 Å². The summed E-state index contributed by atoms with van der Waals surface area (Å²) in [6, 6.07) is 0. The topological polar surface area (TPSA) is 97.1 Å². The Kier molecular flexibility index (Phi) is 3.85. The van der Waals surface area contributed by atoms with Crippen molar-refractivity contribution < 1.29 is 14.7 Å². The second-order valence-corrected chi connectivity index (χ2v) is 5.00. The van der Waals surface area contributed by atoms with Crippen molar-refractivity contribution in [3.05, 3.63) is 5.82 Å². The van der Waals surface area contributed by atoms with Gasteiger partial charge >= 0.3 is 5.97 Å². The van der Waals surface area contributed by atoms with Crippen LogP contribution in [0.5, 0.6) is 0 Å². The third kappa shape index (κ3) is 3.00. The summed E-state index contributed by atoms with van der Waals surface area (Å²) in [4.78, 5) is 22.0. The van der Waals surface area contributed by atoms with Crippen LogP contribution < -0.4 is 5.32 Å². The van der Waals surface area contributed by atoms with Gasteiger partial charge in [-0.2, -0.15) is 0 Å². The van der Waals surface area contributed by atoms with Gasteiger partial charge in [0.2, 0.25) is 5.91 Å². The lowest BCUT2D eigenvalue weighted by Crippen LogP contribution is -2.24. The van der Waals surface area contributed by atoms with E-state index in [9.17, 15) is 9.59 Å². The molecule has 8 heteroatoms. The highest BCUT2D eigenvalue weighted by Gasteiger charge is 2.31. The van der Waals surface area contributed by atoms with Crippen molar-refractivity contribution in [3.8, 4) is 0 Å². The molecule has 18 heavy (non-hydrogen) atoms. The zero-order valence-electron chi connectivity index (χ0n) is 9.92. The normalized spacial score (nSPS) is 14.5. The van der Waals surface area contributed by atoms with E-state index in [0.29, 0.717) is 11.1 Å². The highest BCUT2D eigenvalue weighted by Crippen LogP contribution is 2.39. The van der Waals surface area contributed by atoms with E-state index in [1.165, 1.54) is 0 Å². The Morgan fingerprint density at radius 1 is 1.50 bits per heavy atom. The van der Waals surface area contributed by atoms with Crippen molar-refractivity contribution in [1.82, 2.24) is 20.1 Å². The summed E-state index contributed by atoms with van der Waals surface area (Å²) < 4.78 is 1.71. The number of thioether (sulfide) groups is 1. The number of aliphatic carboxylic acids is 1. The van der Waals surface area contributed by atoms with E-state index in [-0.39, 0.29) is 18.2 Å². The molecule has 2 rings (SSSR count). The van der Waals surface area contributed by atoms with Crippen molar-refractivity contribution in [1.29, 1.82) is 0 Å². The van der Waals surface area contributed by atoms with Crippen molar-refractivity contribution >= 4 is 23.6 Å². The molecule has 0 atom stereocenters. The van der Waals surface area contributed by atoms with Gasteiger partial charge in [0.1, 0.15) is 12.4 Å². The number of carbonyl (C=O) groups excluding carboxylic acids is 1. The van der Waals surface area contributed by atoms with Crippen LogP contribution in [0.1, 0.15) is 24.6 Å². The molecule has 7 nitrogen and oxygen atoms in total. The van der Waals surface area contributed by atoms with Gasteiger partial charge in [-0.15, -0.1) is 10.2 Å². The molecule has 1 aromatic heterocycles. The molecular weight excluding hydrogens is 256 g/mol. The average molecular weight is 270 g/mol. The van der Waals surface area contributed by atoms with Crippen LogP contribution >= 0.6 is 11.8 Å². The Morgan fingerprint density at radius 2 is 2.22 bits per heavy atom. The van der Waals surface area contributed by atoms with Crippen molar-refractivity contribution in [2.45, 2.75) is 30.5 Å². The van der Waals surface area contributed by atoms with E-state index in [4.69, 9.17) is 5.11 Å². The SMILES string of the molecule is CNC(=O)Cn1c(SCC(=O)O)nnc1C1CC1. The zero-order valence-corrected chi connectivity index (χ0v) is 10.7. The maximum Gasteiger partial charge on any atom is 0.313 e. The molecule has 1 fully saturated rings. The summed E-state index contributed by atoms with van der Waals surface area (Å²) in [5, 5.41) is 19.7. The molecule has 0 aromatic carbocycles. The minimum absolute atomic E-state index is 0.0868. The van der Waals surface area contributed by atoms with Gasteiger partial charge in [0.15, 0.2) is 5.16 Å². The lowest BCUT2D eigenvalue weighted by molar-refractivity contribution is -0.133. The largest absolute Gasteiger partial charge is 0.481 e. The second-order valence-electron chi connectivity index (χ2n) is 4.06. The fourth-order valence-electron chi connectivity index (χ4n) is 1.55. The summed E-state index contributed by atoms with van der Waals surface area (Å²) in [6.45, 7) is 0.136. The number of hydrogen-bond acceptors (Lipinski definition) is 5. The molecule has 1 amide bonds. The summed E-state index contributed by atoms with van der Waals surface area (Å²) in [5.74, 6) is 0.000426. The summed E-state index contributed by atoms with van der Waals surface area (Å²) in [5.41, 5.74) is 0. The Labute approximate surface area is 108 Å². The quantitative estimate of drug-likeness (QED) is 0.710. The third-order valence-electron chi connectivity index (χ3n) is 2.59. The van der Waals surface area contributed by atoms with E-state index in [1.54, 1.807) is 11.6 Å². The average Bonchev–Trinajstić information content (AvgIpc) is 3.10. The molecule has 0 unspecified atom stereocenters. The van der Waals surface area contributed by atoms with Crippen LogP contribution in [0.4, 0.5) is 0 Å². The first kappa shape index (κ1) is 12.9. The minimum Gasteiger partial charge on any atom is -0.481 e. The standard InChI is InChI=1S/C10H14N4O3S/c1-11-7(15)4-14-9(6-2-3-6)12-13-10(14)18-5-8(16)17/h6H,2-5H2,1H3,(H,11,15)(H,16,17). The van der Waals surface area contributed by atoms with Crippen LogP contribution in [0.2, 0.25) is 0 Å². The highest BCUT2D eigenvalue weighted by molar-refractivity contribution is 7.99. The lowest BCUT2D eigenvalue weighted by Gasteiger charge is -2.07. The Balaban J connectivity index is 2.16. The van der Waals surface area contributed by atoms with E-state index >= 15 is 0 Å². The van der Waals surface area contributed by atoms with Crippen LogP contribution in [0.15, 0.2) is 5.16 Å². The number of rotatable bonds is 6. The fourth-order valence-corrected chi connectivity index (χ4v) is 2.21. The van der Waals surface area contributed by atoms with Crippen molar-refractivity contribution in [2.24, 2.45) is 0 Å². The minimum atomic E-state index is -0.914. The number of aromatic nitrogens is 3. The van der Waals surface area contributed by atoms with Crippen LogP contribution in [-0.4, -0.2) is 44.5 Å². The number of carboxylic acids is 1. The molecule has 1 heterocycles. The van der Waals surface area contributed by atoms with Gasteiger partial charge in [0, 0.05) is 13.0 Å². The predicted molar refractivity (Wildman–Crippen MR) is 64.4 cm³/mol. The number of carbonyl (C=O) groups is 2. The van der Waals surface area contributed by atoms with E-state index in [1.807, 2.05) is 0 Å². The number of nitrogens with one attached hydrogen (secondary N) is 1. The Hall–Kier alpha value is -1.57. The molecule has 98 valence electrons. The molecule has 2 N–H and O–H groups in total. The molecule has 1 saturated carbocycles. The first-order valence-electron chi connectivity index (χ1n) is 5.60. The number of likely N-dealkylation sites (N-methyl/N-ethyl adjacent to an activating group) is 1. The number of amides is 1. The van der Waals surface area contributed by atoms with E-state index in [2.05, 4.69) is 15.5 Å². The molecule has 0 bridgehead atoms. The molecular formula is C10H14N4O3S. The maximum absolute atomic E-state index is 11.5. The molecule has 1 aromatic rings. The van der Waals surface area contributed by atoms with Crippen LogP contribution in [-0.2, 0) is 16.1 Å². The Morgan fingerprint density at radius 3 is 2.78 bits per heavy atom. The Bertz CT molecular complexity index is 470. The predicted octanol–water partition coefficient (Wildman–Crippen LogP) is 0.0782. The monoisotopic (exact) mass is 270 g/mol. The molecule has 1 aliphatic rings.